The summed E-state index contributed by atoms with van der Waals surface area (Å²) in [5, 5.41) is 0. The molecule has 2 fully saturated rings. The van der Waals surface area contributed by atoms with Crippen molar-refractivity contribution in [2.75, 3.05) is 56.7 Å². The minimum Gasteiger partial charge on any atom is -0.378 e. The van der Waals surface area contributed by atoms with E-state index < -0.39 is 0 Å². The lowest BCUT2D eigenvalue weighted by atomic mass is 9.99. The van der Waals surface area contributed by atoms with Crippen LogP contribution in [-0.4, -0.2) is 71.8 Å². The first-order valence-electron chi connectivity index (χ1n) is 11.8. The molecule has 2 aliphatic rings. The highest BCUT2D eigenvalue weighted by atomic mass is 19.1. The number of ether oxygens (including phenoxy) is 1. The van der Waals surface area contributed by atoms with Crippen LogP contribution in [0.1, 0.15) is 30.3 Å². The van der Waals surface area contributed by atoms with E-state index in [4.69, 9.17) is 14.7 Å². The Morgan fingerprint density at radius 2 is 1.94 bits per heavy atom. The second-order valence-electron chi connectivity index (χ2n) is 8.95. The average Bonchev–Trinajstić information content (AvgIpc) is 3.32. The number of rotatable bonds is 6. The van der Waals surface area contributed by atoms with E-state index in [1.165, 1.54) is 6.07 Å². The molecule has 0 spiro atoms. The van der Waals surface area contributed by atoms with Gasteiger partial charge in [-0.05, 0) is 43.1 Å². The van der Waals surface area contributed by atoms with E-state index in [9.17, 15) is 4.39 Å². The maximum atomic E-state index is 14.0. The lowest BCUT2D eigenvalue weighted by Crippen LogP contribution is -2.37. The zero-order valence-corrected chi connectivity index (χ0v) is 19.7. The van der Waals surface area contributed by atoms with Crippen LogP contribution in [0.2, 0.25) is 0 Å². The van der Waals surface area contributed by atoms with Gasteiger partial charge in [0.05, 0.1) is 30.6 Å². The molecule has 0 saturated carbocycles. The number of aromatic nitrogens is 4. The molecule has 0 N–H and O–H groups in total. The molecule has 0 amide bonds. The number of morpholine rings is 1. The van der Waals surface area contributed by atoms with Crippen LogP contribution in [0.25, 0.3) is 11.1 Å². The van der Waals surface area contributed by atoms with Crippen LogP contribution < -0.4 is 9.80 Å². The van der Waals surface area contributed by atoms with E-state index in [1.807, 2.05) is 43.5 Å². The predicted molar refractivity (Wildman–Crippen MR) is 129 cm³/mol. The number of anilines is 2. The van der Waals surface area contributed by atoms with Gasteiger partial charge < -0.3 is 14.5 Å². The van der Waals surface area contributed by atoms with E-state index in [0.717, 1.165) is 60.9 Å². The fourth-order valence-corrected chi connectivity index (χ4v) is 4.65. The summed E-state index contributed by atoms with van der Waals surface area (Å²) in [5.74, 6) is 1.15. The summed E-state index contributed by atoms with van der Waals surface area (Å²) in [6, 6.07) is 8.74. The van der Waals surface area contributed by atoms with Crippen LogP contribution in [-0.2, 0) is 11.3 Å². The molecule has 0 aliphatic carbocycles. The van der Waals surface area contributed by atoms with Crippen molar-refractivity contribution in [1.82, 2.24) is 24.8 Å². The summed E-state index contributed by atoms with van der Waals surface area (Å²) in [6.07, 6.45) is 5.71. The first-order valence-corrected chi connectivity index (χ1v) is 11.8. The van der Waals surface area contributed by atoms with E-state index in [1.54, 1.807) is 12.1 Å². The van der Waals surface area contributed by atoms with Crippen molar-refractivity contribution in [1.29, 1.82) is 0 Å². The number of nitrogens with zero attached hydrogens (tertiary/aromatic N) is 7. The van der Waals surface area contributed by atoms with Crippen molar-refractivity contribution in [3.63, 3.8) is 0 Å². The van der Waals surface area contributed by atoms with Gasteiger partial charge in [-0.1, -0.05) is 12.1 Å². The highest BCUT2D eigenvalue weighted by Gasteiger charge is 2.31. The Morgan fingerprint density at radius 3 is 2.74 bits per heavy atom. The van der Waals surface area contributed by atoms with E-state index in [-0.39, 0.29) is 11.9 Å². The maximum Gasteiger partial charge on any atom is 0.225 e. The highest BCUT2D eigenvalue weighted by molar-refractivity contribution is 5.66. The van der Waals surface area contributed by atoms with Crippen LogP contribution >= 0.6 is 0 Å². The van der Waals surface area contributed by atoms with Gasteiger partial charge in [-0.15, -0.1) is 0 Å². The summed E-state index contributed by atoms with van der Waals surface area (Å²) in [7, 11) is 3.86. The molecule has 5 rings (SSSR count). The maximum absolute atomic E-state index is 14.0. The molecule has 0 bridgehead atoms. The van der Waals surface area contributed by atoms with Gasteiger partial charge in [-0.25, -0.2) is 24.3 Å². The summed E-state index contributed by atoms with van der Waals surface area (Å²) in [4.78, 5) is 25.3. The molecule has 4 heterocycles. The van der Waals surface area contributed by atoms with Gasteiger partial charge in [-0.3, -0.25) is 4.90 Å². The van der Waals surface area contributed by atoms with Gasteiger partial charge >= 0.3 is 0 Å². The minimum absolute atomic E-state index is 0.0989. The molecule has 34 heavy (non-hydrogen) atoms. The molecule has 2 saturated heterocycles. The Kier molecular flexibility index (Phi) is 6.64. The lowest BCUT2D eigenvalue weighted by Gasteiger charge is -2.28. The summed E-state index contributed by atoms with van der Waals surface area (Å²) in [5.41, 5.74) is 3.59. The van der Waals surface area contributed by atoms with Gasteiger partial charge in [0.1, 0.15) is 5.82 Å². The zero-order chi connectivity index (χ0) is 23.5. The summed E-state index contributed by atoms with van der Waals surface area (Å²) < 4.78 is 19.5. The first kappa shape index (κ1) is 22.6. The second-order valence-corrected chi connectivity index (χ2v) is 8.95. The predicted octanol–water partition coefficient (Wildman–Crippen LogP) is 3.31. The molecular weight excluding hydrogens is 433 g/mol. The first-order chi connectivity index (χ1) is 16.6. The molecular formula is C25H30FN7O. The SMILES string of the molecule is CN(C)c1ncc(-c2cccc(F)c2)c(C2CCCN2Cc2ccnc(N3CCOCC3)n2)n1. The zero-order valence-electron chi connectivity index (χ0n) is 19.7. The van der Waals surface area contributed by atoms with Crippen molar-refractivity contribution >= 4 is 11.9 Å². The van der Waals surface area contributed by atoms with Gasteiger partial charge in [0.15, 0.2) is 0 Å². The molecule has 2 aromatic heterocycles. The normalized spacial score (nSPS) is 18.9. The number of hydrogen-bond acceptors (Lipinski definition) is 8. The lowest BCUT2D eigenvalue weighted by molar-refractivity contribution is 0.122. The molecule has 1 aromatic carbocycles. The van der Waals surface area contributed by atoms with Crippen molar-refractivity contribution in [3.8, 4) is 11.1 Å². The van der Waals surface area contributed by atoms with Crippen LogP contribution in [0, 0.1) is 5.82 Å². The largest absolute Gasteiger partial charge is 0.378 e. The van der Waals surface area contributed by atoms with Gasteiger partial charge in [0.2, 0.25) is 11.9 Å². The molecule has 178 valence electrons. The van der Waals surface area contributed by atoms with Crippen LogP contribution in [0.15, 0.2) is 42.7 Å². The molecule has 3 aromatic rings. The topological polar surface area (TPSA) is 70.5 Å². The highest BCUT2D eigenvalue weighted by Crippen LogP contribution is 2.38. The quantitative estimate of drug-likeness (QED) is 0.552. The molecule has 1 unspecified atom stereocenters. The number of hydrogen-bond donors (Lipinski definition) is 0. The Hall–Kier alpha value is -3.17. The summed E-state index contributed by atoms with van der Waals surface area (Å²) in [6.45, 7) is 4.67. The third kappa shape index (κ3) is 4.85. The fourth-order valence-electron chi connectivity index (χ4n) is 4.65. The van der Waals surface area contributed by atoms with Crippen molar-refractivity contribution in [2.24, 2.45) is 0 Å². The standard InChI is InChI=1S/C25H30FN7O/c1-31(2)24-28-16-21(18-5-3-6-19(26)15-18)23(30-24)22-7-4-10-33(22)17-20-8-9-27-25(29-20)32-11-13-34-14-12-32/h3,5-6,8-9,15-16,22H,4,7,10-14,17H2,1-2H3. The molecule has 8 nitrogen and oxygen atoms in total. The molecule has 2 aliphatic heterocycles. The summed E-state index contributed by atoms with van der Waals surface area (Å²) >= 11 is 0. The van der Waals surface area contributed by atoms with E-state index in [0.29, 0.717) is 25.7 Å². The Morgan fingerprint density at radius 1 is 1.09 bits per heavy atom. The fraction of sp³-hybridized carbons (Fsp3) is 0.440. The third-order valence-corrected chi connectivity index (χ3v) is 6.38. The third-order valence-electron chi connectivity index (χ3n) is 6.38. The Labute approximate surface area is 199 Å². The van der Waals surface area contributed by atoms with Crippen LogP contribution in [0.3, 0.4) is 0 Å². The van der Waals surface area contributed by atoms with Crippen molar-refractivity contribution in [3.05, 3.63) is 59.9 Å². The number of benzene rings is 1. The molecule has 0 radical (unpaired) electrons. The van der Waals surface area contributed by atoms with Crippen LogP contribution in [0.4, 0.5) is 16.3 Å². The van der Waals surface area contributed by atoms with Gasteiger partial charge in [0.25, 0.3) is 0 Å². The van der Waals surface area contributed by atoms with Crippen LogP contribution in [0.5, 0.6) is 0 Å². The monoisotopic (exact) mass is 463 g/mol. The smallest absolute Gasteiger partial charge is 0.225 e. The molecule has 1 atom stereocenters. The minimum atomic E-state index is -0.264. The Balaban J connectivity index is 1.45. The number of likely N-dealkylation sites (tertiary alicyclic amines) is 1. The van der Waals surface area contributed by atoms with E-state index in [2.05, 4.69) is 19.8 Å². The average molecular weight is 464 g/mol. The molecule has 9 heteroatoms. The Bertz CT molecular complexity index is 1140. The van der Waals surface area contributed by atoms with Gasteiger partial charge in [-0.2, -0.15) is 0 Å². The van der Waals surface area contributed by atoms with Gasteiger partial charge in [0, 0.05) is 51.7 Å². The van der Waals surface area contributed by atoms with Crippen molar-refractivity contribution in [2.45, 2.75) is 25.4 Å². The second kappa shape index (κ2) is 9.99. The van der Waals surface area contributed by atoms with Crippen molar-refractivity contribution < 1.29 is 9.13 Å². The number of halogens is 1. The van der Waals surface area contributed by atoms with E-state index >= 15 is 0 Å².